The third-order valence-electron chi connectivity index (χ3n) is 1.10. The van der Waals surface area contributed by atoms with E-state index < -0.39 is 6.29 Å². The van der Waals surface area contributed by atoms with Crippen molar-refractivity contribution in [1.82, 2.24) is 0 Å². The van der Waals surface area contributed by atoms with Gasteiger partial charge in [0.05, 0.1) is 18.9 Å². The highest BCUT2D eigenvalue weighted by Gasteiger charge is 2.18. The quantitative estimate of drug-likeness (QED) is 0.551. The first kappa shape index (κ1) is 6.45. The van der Waals surface area contributed by atoms with Crippen LogP contribution in [0.4, 0.5) is 0 Å². The van der Waals surface area contributed by atoms with Crippen molar-refractivity contribution in [3.63, 3.8) is 0 Å². The molecule has 0 atom stereocenters. The molecule has 0 aliphatic carbocycles. The first-order valence-corrected chi connectivity index (χ1v) is 2.78. The monoisotopic (exact) mass is 127 g/mol. The summed E-state index contributed by atoms with van der Waals surface area (Å²) < 4.78 is 9.98. The van der Waals surface area contributed by atoms with Crippen molar-refractivity contribution < 1.29 is 9.47 Å². The summed E-state index contributed by atoms with van der Waals surface area (Å²) in [5, 5.41) is 7.17. The summed E-state index contributed by atoms with van der Waals surface area (Å²) in [6.07, 6.45) is 0.971. The van der Waals surface area contributed by atoms with Gasteiger partial charge in [-0.15, -0.1) is 0 Å². The van der Waals surface area contributed by atoms with Crippen LogP contribution in [0.25, 0.3) is 0 Å². The largest absolute Gasteiger partial charge is 0.345 e. The summed E-state index contributed by atoms with van der Waals surface area (Å²) in [5.41, 5.74) is 0.299. The molecule has 0 aromatic heterocycles. The first-order valence-electron chi connectivity index (χ1n) is 2.78. The second-order valence-electron chi connectivity index (χ2n) is 1.73. The molecule has 0 spiro atoms. The predicted octanol–water partition coefficient (Wildman–Crippen LogP) is 0.565. The Morgan fingerprint density at radius 2 is 2.11 bits per heavy atom. The van der Waals surface area contributed by atoms with Gasteiger partial charge in [0.15, 0.2) is 6.29 Å². The Balaban J connectivity index is 2.41. The van der Waals surface area contributed by atoms with E-state index in [1.54, 1.807) is 0 Å². The van der Waals surface area contributed by atoms with Crippen LogP contribution in [0.15, 0.2) is 12.7 Å². The molecule has 1 fully saturated rings. The number of ether oxygens (including phenoxy) is 2. The van der Waals surface area contributed by atoms with E-state index in [0.29, 0.717) is 18.9 Å². The van der Waals surface area contributed by atoms with Gasteiger partial charge in [-0.3, -0.25) is 5.41 Å². The average Bonchev–Trinajstić information content (AvgIpc) is 2.37. The fourth-order valence-corrected chi connectivity index (χ4v) is 0.634. The van der Waals surface area contributed by atoms with E-state index in [1.807, 2.05) is 0 Å². The molecule has 0 radical (unpaired) electrons. The highest BCUT2D eigenvalue weighted by atomic mass is 16.7. The molecule has 0 saturated carbocycles. The Labute approximate surface area is 53.8 Å². The van der Waals surface area contributed by atoms with E-state index in [4.69, 9.17) is 14.9 Å². The number of rotatable bonds is 2. The van der Waals surface area contributed by atoms with Crippen LogP contribution in [0, 0.1) is 5.41 Å². The van der Waals surface area contributed by atoms with Crippen LogP contribution in [0.5, 0.6) is 0 Å². The van der Waals surface area contributed by atoms with E-state index >= 15 is 0 Å². The molecule has 1 rings (SSSR count). The predicted molar refractivity (Wildman–Crippen MR) is 33.6 cm³/mol. The van der Waals surface area contributed by atoms with E-state index in [-0.39, 0.29) is 0 Å². The minimum atomic E-state index is -0.456. The van der Waals surface area contributed by atoms with Crippen LogP contribution >= 0.6 is 0 Å². The van der Waals surface area contributed by atoms with Crippen LogP contribution in [0.2, 0.25) is 0 Å². The Kier molecular flexibility index (Phi) is 1.97. The maximum Gasteiger partial charge on any atom is 0.200 e. The summed E-state index contributed by atoms with van der Waals surface area (Å²) in [5.74, 6) is 0. The standard InChI is InChI=1S/C6H9NO2/c1-2-5(7)6-8-3-4-9-6/h2,6-7H,1,3-4H2. The maximum atomic E-state index is 7.17. The molecule has 9 heavy (non-hydrogen) atoms. The number of nitrogens with one attached hydrogen (secondary N) is 1. The zero-order chi connectivity index (χ0) is 6.69. The molecule has 1 saturated heterocycles. The van der Waals surface area contributed by atoms with Gasteiger partial charge in [-0.05, 0) is 6.08 Å². The third kappa shape index (κ3) is 1.37. The number of hydrogen-bond donors (Lipinski definition) is 1. The van der Waals surface area contributed by atoms with Gasteiger partial charge in [0.25, 0.3) is 0 Å². The molecule has 1 N–H and O–H groups in total. The summed E-state index contributed by atoms with van der Waals surface area (Å²) in [6.45, 7) is 4.59. The summed E-state index contributed by atoms with van der Waals surface area (Å²) >= 11 is 0. The second kappa shape index (κ2) is 2.75. The van der Waals surface area contributed by atoms with Gasteiger partial charge < -0.3 is 9.47 Å². The maximum absolute atomic E-state index is 7.17. The normalized spacial score (nSPS) is 20.0. The minimum Gasteiger partial charge on any atom is -0.345 e. The van der Waals surface area contributed by atoms with Crippen LogP contribution in [-0.4, -0.2) is 25.2 Å². The second-order valence-corrected chi connectivity index (χ2v) is 1.73. The van der Waals surface area contributed by atoms with Crippen LogP contribution < -0.4 is 0 Å². The highest BCUT2D eigenvalue weighted by Crippen LogP contribution is 2.04. The molecule has 1 heterocycles. The van der Waals surface area contributed by atoms with E-state index in [2.05, 4.69) is 6.58 Å². The molecule has 50 valence electrons. The van der Waals surface area contributed by atoms with Crippen molar-refractivity contribution in [3.05, 3.63) is 12.7 Å². The van der Waals surface area contributed by atoms with Crippen molar-refractivity contribution in [3.8, 4) is 0 Å². The lowest BCUT2D eigenvalue weighted by Gasteiger charge is -2.04. The third-order valence-corrected chi connectivity index (χ3v) is 1.10. The molecule has 3 nitrogen and oxygen atoms in total. The van der Waals surface area contributed by atoms with E-state index in [9.17, 15) is 0 Å². The van der Waals surface area contributed by atoms with Crippen molar-refractivity contribution in [1.29, 1.82) is 5.41 Å². The van der Waals surface area contributed by atoms with Gasteiger partial charge in [-0.2, -0.15) is 0 Å². The molecule has 3 heteroatoms. The molecule has 0 aromatic rings. The lowest BCUT2D eigenvalue weighted by atomic mass is 10.4. The molecule has 1 aliphatic rings. The van der Waals surface area contributed by atoms with Crippen molar-refractivity contribution in [2.75, 3.05) is 13.2 Å². The fraction of sp³-hybridized carbons (Fsp3) is 0.500. The average molecular weight is 127 g/mol. The van der Waals surface area contributed by atoms with Crippen molar-refractivity contribution in [2.24, 2.45) is 0 Å². The van der Waals surface area contributed by atoms with Gasteiger partial charge in [0, 0.05) is 0 Å². The SMILES string of the molecule is C=CC(=N)C1OCCO1. The molecule has 1 aliphatic heterocycles. The van der Waals surface area contributed by atoms with Crippen molar-refractivity contribution >= 4 is 5.71 Å². The molecular formula is C6H9NO2. The number of hydrogen-bond acceptors (Lipinski definition) is 3. The Morgan fingerprint density at radius 1 is 1.56 bits per heavy atom. The first-order chi connectivity index (χ1) is 4.34. The molecule has 0 aromatic carbocycles. The Bertz CT molecular complexity index is 127. The van der Waals surface area contributed by atoms with E-state index in [1.165, 1.54) is 6.08 Å². The van der Waals surface area contributed by atoms with Crippen LogP contribution in [0.3, 0.4) is 0 Å². The Hall–Kier alpha value is -0.670. The topological polar surface area (TPSA) is 42.3 Å². The smallest absolute Gasteiger partial charge is 0.200 e. The molecule has 0 bridgehead atoms. The van der Waals surface area contributed by atoms with Gasteiger partial charge in [0.1, 0.15) is 0 Å². The molecular weight excluding hydrogens is 118 g/mol. The summed E-state index contributed by atoms with van der Waals surface area (Å²) in [4.78, 5) is 0. The zero-order valence-corrected chi connectivity index (χ0v) is 5.09. The van der Waals surface area contributed by atoms with Crippen LogP contribution in [-0.2, 0) is 9.47 Å². The fourth-order valence-electron chi connectivity index (χ4n) is 0.634. The summed E-state index contributed by atoms with van der Waals surface area (Å²) in [7, 11) is 0. The lowest BCUT2D eigenvalue weighted by molar-refractivity contribution is 0.0150. The zero-order valence-electron chi connectivity index (χ0n) is 5.09. The highest BCUT2D eigenvalue weighted by molar-refractivity contribution is 5.94. The molecule has 0 unspecified atom stereocenters. The van der Waals surface area contributed by atoms with Crippen molar-refractivity contribution in [2.45, 2.75) is 6.29 Å². The van der Waals surface area contributed by atoms with Gasteiger partial charge >= 0.3 is 0 Å². The minimum absolute atomic E-state index is 0.299. The summed E-state index contributed by atoms with van der Waals surface area (Å²) in [6, 6.07) is 0. The van der Waals surface area contributed by atoms with Gasteiger partial charge in [0.2, 0.25) is 0 Å². The van der Waals surface area contributed by atoms with Gasteiger partial charge in [-0.25, -0.2) is 0 Å². The van der Waals surface area contributed by atoms with E-state index in [0.717, 1.165) is 0 Å². The van der Waals surface area contributed by atoms with Crippen LogP contribution in [0.1, 0.15) is 0 Å². The lowest BCUT2D eigenvalue weighted by Crippen LogP contribution is -2.17. The molecule has 0 amide bonds. The van der Waals surface area contributed by atoms with Gasteiger partial charge in [-0.1, -0.05) is 6.58 Å². The Morgan fingerprint density at radius 3 is 2.56 bits per heavy atom.